The van der Waals surface area contributed by atoms with Crippen molar-refractivity contribution in [1.29, 1.82) is 0 Å². The van der Waals surface area contributed by atoms with Gasteiger partial charge in [-0.3, -0.25) is 9.59 Å². The van der Waals surface area contributed by atoms with Crippen molar-refractivity contribution in [3.8, 4) is 0 Å². The molecule has 116 valence electrons. The predicted octanol–water partition coefficient (Wildman–Crippen LogP) is 2.20. The second-order valence-corrected chi connectivity index (χ2v) is 6.97. The molecule has 1 heterocycles. The number of aromatic amines is 1. The highest BCUT2D eigenvalue weighted by molar-refractivity contribution is 5.70. The van der Waals surface area contributed by atoms with E-state index in [1.165, 1.54) is 6.07 Å². The smallest absolute Gasteiger partial charge is 0.308 e. The maximum atomic E-state index is 11.6. The van der Waals surface area contributed by atoms with Gasteiger partial charge in [0.05, 0.1) is 5.92 Å². The number of nitrogens with one attached hydrogen (secondary N) is 2. The average Bonchev–Trinajstić information content (AvgIpc) is 3.16. The quantitative estimate of drug-likeness (QED) is 0.747. The molecule has 0 radical (unpaired) electrons. The molecular weight excluding hydrogens is 270 g/mol. The molecule has 1 fully saturated rings. The van der Waals surface area contributed by atoms with Crippen LogP contribution in [0, 0.1) is 11.3 Å². The van der Waals surface area contributed by atoms with E-state index < -0.39 is 11.9 Å². The van der Waals surface area contributed by atoms with Gasteiger partial charge in [-0.1, -0.05) is 20.8 Å². The molecule has 1 saturated carbocycles. The molecule has 0 saturated heterocycles. The lowest BCUT2D eigenvalue weighted by molar-refractivity contribution is -0.142. The third kappa shape index (κ3) is 4.88. The zero-order valence-corrected chi connectivity index (χ0v) is 12.8. The number of carbonyl (C=O) groups is 1. The van der Waals surface area contributed by atoms with Crippen LogP contribution >= 0.6 is 0 Å². The lowest BCUT2D eigenvalue weighted by atomic mass is 9.84. The van der Waals surface area contributed by atoms with Crippen molar-refractivity contribution in [3.63, 3.8) is 0 Å². The highest BCUT2D eigenvalue weighted by Crippen LogP contribution is 2.37. The first-order valence-corrected chi connectivity index (χ1v) is 7.32. The van der Waals surface area contributed by atoms with Gasteiger partial charge in [-0.2, -0.15) is 0 Å². The molecule has 0 bridgehead atoms. The Morgan fingerprint density at radius 2 is 2.19 bits per heavy atom. The number of carboxylic acids is 1. The minimum absolute atomic E-state index is 0.0640. The van der Waals surface area contributed by atoms with Crippen LogP contribution in [-0.2, 0) is 4.79 Å². The minimum atomic E-state index is -0.829. The van der Waals surface area contributed by atoms with Crippen molar-refractivity contribution in [2.24, 2.45) is 11.3 Å². The summed E-state index contributed by atoms with van der Waals surface area (Å²) in [5.41, 5.74) is -0.261. The molecule has 0 aliphatic heterocycles. The summed E-state index contributed by atoms with van der Waals surface area (Å²) in [4.78, 5) is 30.0. The van der Waals surface area contributed by atoms with Crippen LogP contribution in [0.3, 0.4) is 0 Å². The van der Waals surface area contributed by atoms with Crippen LogP contribution in [0.5, 0.6) is 0 Å². The molecule has 1 aromatic rings. The number of rotatable bonds is 6. The topological polar surface area (TPSA) is 95.1 Å². The molecule has 1 atom stereocenters. The van der Waals surface area contributed by atoms with Crippen molar-refractivity contribution in [2.45, 2.75) is 46.0 Å². The Bertz CT molecular complexity index is 570. The highest BCUT2D eigenvalue weighted by Gasteiger charge is 2.27. The molecule has 1 unspecified atom stereocenters. The fourth-order valence-electron chi connectivity index (χ4n) is 2.33. The second-order valence-electron chi connectivity index (χ2n) is 6.97. The fourth-order valence-corrected chi connectivity index (χ4v) is 2.33. The molecule has 2 rings (SSSR count). The van der Waals surface area contributed by atoms with E-state index in [2.05, 4.69) is 15.3 Å². The molecule has 0 amide bonds. The summed E-state index contributed by atoms with van der Waals surface area (Å²) in [5.74, 6) is 0.179. The normalized spacial score (nSPS) is 16.5. The molecule has 6 heteroatoms. The fraction of sp³-hybridized carbons (Fsp3) is 0.667. The standard InChI is InChI=1S/C15H23N3O3/c1-15(2,3)7-10(14(20)21)8-16-11-6-12(19)18-13(17-11)9-4-5-9/h6,9-10H,4-5,7-8H2,1-3H3,(H,20,21)(H2,16,17,18,19). The van der Waals surface area contributed by atoms with E-state index >= 15 is 0 Å². The van der Waals surface area contributed by atoms with E-state index in [1.807, 2.05) is 20.8 Å². The number of aliphatic carboxylic acids is 1. The van der Waals surface area contributed by atoms with Gasteiger partial charge in [0.25, 0.3) is 5.56 Å². The van der Waals surface area contributed by atoms with Gasteiger partial charge in [0.15, 0.2) is 0 Å². The van der Waals surface area contributed by atoms with E-state index in [0.29, 0.717) is 24.0 Å². The number of aromatic nitrogens is 2. The van der Waals surface area contributed by atoms with Crippen LogP contribution in [-0.4, -0.2) is 27.6 Å². The van der Waals surface area contributed by atoms with Crippen LogP contribution < -0.4 is 10.9 Å². The molecule has 0 spiro atoms. The number of nitrogens with zero attached hydrogens (tertiary/aromatic N) is 1. The predicted molar refractivity (Wildman–Crippen MR) is 80.5 cm³/mol. The molecule has 3 N–H and O–H groups in total. The molecule has 21 heavy (non-hydrogen) atoms. The Labute approximate surface area is 124 Å². The van der Waals surface area contributed by atoms with Crippen LogP contribution in [0.2, 0.25) is 0 Å². The van der Waals surface area contributed by atoms with Gasteiger partial charge >= 0.3 is 5.97 Å². The Morgan fingerprint density at radius 3 is 2.71 bits per heavy atom. The van der Waals surface area contributed by atoms with E-state index in [1.54, 1.807) is 0 Å². The summed E-state index contributed by atoms with van der Waals surface area (Å²) < 4.78 is 0. The highest BCUT2D eigenvalue weighted by atomic mass is 16.4. The molecule has 1 aliphatic rings. The van der Waals surface area contributed by atoms with Gasteiger partial charge in [0.2, 0.25) is 0 Å². The minimum Gasteiger partial charge on any atom is -0.481 e. The van der Waals surface area contributed by atoms with E-state index in [-0.39, 0.29) is 17.5 Å². The number of hydrogen-bond acceptors (Lipinski definition) is 4. The van der Waals surface area contributed by atoms with Gasteiger partial charge < -0.3 is 15.4 Å². The second kappa shape index (κ2) is 5.87. The van der Waals surface area contributed by atoms with Gasteiger partial charge in [0, 0.05) is 18.5 Å². The van der Waals surface area contributed by atoms with E-state index in [9.17, 15) is 14.7 Å². The summed E-state index contributed by atoms with van der Waals surface area (Å²) in [6, 6.07) is 1.38. The first-order valence-electron chi connectivity index (χ1n) is 7.32. The lowest BCUT2D eigenvalue weighted by Gasteiger charge is -2.23. The molecule has 0 aromatic carbocycles. The summed E-state index contributed by atoms with van der Waals surface area (Å²) in [7, 11) is 0. The molecular formula is C15H23N3O3. The number of H-pyrrole nitrogens is 1. The third-order valence-corrected chi connectivity index (χ3v) is 3.46. The Hall–Kier alpha value is -1.85. The van der Waals surface area contributed by atoms with Crippen molar-refractivity contribution >= 4 is 11.8 Å². The largest absolute Gasteiger partial charge is 0.481 e. The van der Waals surface area contributed by atoms with Crippen LogP contribution in [0.25, 0.3) is 0 Å². The Morgan fingerprint density at radius 1 is 1.52 bits per heavy atom. The maximum absolute atomic E-state index is 11.6. The number of hydrogen-bond donors (Lipinski definition) is 3. The number of anilines is 1. The summed E-state index contributed by atoms with van der Waals surface area (Å²) in [6.45, 7) is 6.31. The average molecular weight is 293 g/mol. The van der Waals surface area contributed by atoms with Crippen molar-refractivity contribution in [3.05, 3.63) is 22.2 Å². The first kappa shape index (κ1) is 15.5. The van der Waals surface area contributed by atoms with Gasteiger partial charge in [0.1, 0.15) is 11.6 Å². The molecule has 1 aliphatic carbocycles. The summed E-state index contributed by atoms with van der Waals surface area (Å²) >= 11 is 0. The van der Waals surface area contributed by atoms with Gasteiger partial charge in [-0.05, 0) is 24.7 Å². The monoisotopic (exact) mass is 293 g/mol. The van der Waals surface area contributed by atoms with Gasteiger partial charge in [-0.15, -0.1) is 0 Å². The molecule has 1 aromatic heterocycles. The summed E-state index contributed by atoms with van der Waals surface area (Å²) in [6.07, 6.45) is 2.66. The lowest BCUT2D eigenvalue weighted by Crippen LogP contribution is -2.28. The first-order chi connectivity index (χ1) is 9.74. The van der Waals surface area contributed by atoms with E-state index in [0.717, 1.165) is 12.8 Å². The molecule has 6 nitrogen and oxygen atoms in total. The summed E-state index contributed by atoms with van der Waals surface area (Å²) in [5, 5.41) is 12.3. The van der Waals surface area contributed by atoms with E-state index in [4.69, 9.17) is 0 Å². The zero-order valence-electron chi connectivity index (χ0n) is 12.8. The van der Waals surface area contributed by atoms with Crippen molar-refractivity contribution in [2.75, 3.05) is 11.9 Å². The van der Waals surface area contributed by atoms with Crippen molar-refractivity contribution < 1.29 is 9.90 Å². The van der Waals surface area contributed by atoms with Crippen LogP contribution in [0.4, 0.5) is 5.82 Å². The zero-order chi connectivity index (χ0) is 15.6. The number of carboxylic acid groups (broad SMARTS) is 1. The van der Waals surface area contributed by atoms with Crippen LogP contribution in [0.15, 0.2) is 10.9 Å². The van der Waals surface area contributed by atoms with Crippen LogP contribution in [0.1, 0.15) is 51.8 Å². The van der Waals surface area contributed by atoms with Gasteiger partial charge in [-0.25, -0.2) is 4.98 Å². The Balaban J connectivity index is 2.03. The third-order valence-electron chi connectivity index (χ3n) is 3.46. The van der Waals surface area contributed by atoms with Crippen molar-refractivity contribution in [1.82, 2.24) is 9.97 Å². The SMILES string of the molecule is CC(C)(C)CC(CNc1cc(=O)[nH]c(C2CC2)n1)C(=O)O. The Kier molecular flexibility index (Phi) is 4.34. The maximum Gasteiger partial charge on any atom is 0.308 e.